The number of unbranched alkanes of at least 4 members (excludes halogenated alkanes) is 1. The minimum Gasteiger partial charge on any atom is -0.284 e. The van der Waals surface area contributed by atoms with Gasteiger partial charge in [-0.3, -0.25) is 4.99 Å². The van der Waals surface area contributed by atoms with Crippen molar-refractivity contribution in [2.24, 2.45) is 10.4 Å². The molecule has 0 spiro atoms. The number of rotatable bonds is 3. The van der Waals surface area contributed by atoms with Crippen LogP contribution in [0.4, 0.5) is 0 Å². The molecule has 0 aliphatic heterocycles. The molecule has 0 saturated carbocycles. The molecule has 0 heterocycles. The van der Waals surface area contributed by atoms with Crippen LogP contribution < -0.4 is 0 Å². The van der Waals surface area contributed by atoms with E-state index in [1.807, 2.05) is 0 Å². The Morgan fingerprint density at radius 2 is 2.00 bits per heavy atom. The minimum atomic E-state index is 0.0940. The molecule has 0 aliphatic rings. The predicted molar refractivity (Wildman–Crippen MR) is 55.5 cm³/mol. The van der Waals surface area contributed by atoms with Gasteiger partial charge in [-0.2, -0.15) is 0 Å². The zero-order chi connectivity index (χ0) is 9.45. The van der Waals surface area contributed by atoms with Gasteiger partial charge in [-0.1, -0.05) is 25.2 Å². The summed E-state index contributed by atoms with van der Waals surface area (Å²) in [4.78, 5) is 4.17. The molecule has 0 amide bonds. The summed E-state index contributed by atoms with van der Waals surface area (Å²) in [7, 11) is 0. The fourth-order valence-corrected chi connectivity index (χ4v) is 0.608. The van der Waals surface area contributed by atoms with Gasteiger partial charge in [-0.05, 0) is 27.2 Å². The summed E-state index contributed by atoms with van der Waals surface area (Å²) in [5, 5.41) is 0. The molecular weight excluding hydrogens is 146 g/mol. The van der Waals surface area contributed by atoms with Crippen molar-refractivity contribution in [3.8, 4) is 11.8 Å². The predicted octanol–water partition coefficient (Wildman–Crippen LogP) is 2.91. The average molecular weight is 165 g/mol. The molecule has 0 atom stereocenters. The molecule has 0 radical (unpaired) electrons. The molecule has 0 N–H and O–H groups in total. The topological polar surface area (TPSA) is 12.4 Å². The van der Waals surface area contributed by atoms with Crippen LogP contribution >= 0.6 is 0 Å². The maximum Gasteiger partial charge on any atom is 0.0711 e. The molecule has 0 aliphatic carbocycles. The Labute approximate surface area is 76.3 Å². The van der Waals surface area contributed by atoms with Crippen LogP contribution in [0.2, 0.25) is 0 Å². The Balaban J connectivity index is 3.63. The van der Waals surface area contributed by atoms with E-state index in [2.05, 4.69) is 44.5 Å². The molecule has 0 fully saturated rings. The summed E-state index contributed by atoms with van der Waals surface area (Å²) >= 11 is 0. The quantitative estimate of drug-likeness (QED) is 0.346. The first-order chi connectivity index (χ1) is 5.56. The lowest BCUT2D eigenvalue weighted by Crippen LogP contribution is -1.99. The standard InChI is InChI=1S/C11H19N/c1-5-6-9-12-10-7-8-11(2,3)4/h10H,5-6,9H2,1-4H3. The van der Waals surface area contributed by atoms with E-state index in [-0.39, 0.29) is 5.41 Å². The van der Waals surface area contributed by atoms with E-state index in [0.29, 0.717) is 0 Å². The van der Waals surface area contributed by atoms with Crippen molar-refractivity contribution in [2.75, 3.05) is 6.54 Å². The highest BCUT2D eigenvalue weighted by Gasteiger charge is 2.02. The molecule has 0 aromatic heterocycles. The SMILES string of the molecule is CCCCN=CC#CC(C)(C)C. The van der Waals surface area contributed by atoms with Gasteiger partial charge in [-0.15, -0.1) is 0 Å². The van der Waals surface area contributed by atoms with Crippen molar-refractivity contribution < 1.29 is 0 Å². The summed E-state index contributed by atoms with van der Waals surface area (Å²) < 4.78 is 0. The van der Waals surface area contributed by atoms with Gasteiger partial charge >= 0.3 is 0 Å². The summed E-state index contributed by atoms with van der Waals surface area (Å²) in [6.07, 6.45) is 4.08. The highest BCUT2D eigenvalue weighted by Crippen LogP contribution is 2.09. The van der Waals surface area contributed by atoms with E-state index in [1.54, 1.807) is 6.21 Å². The molecule has 0 rings (SSSR count). The van der Waals surface area contributed by atoms with Crippen molar-refractivity contribution in [1.82, 2.24) is 0 Å². The monoisotopic (exact) mass is 165 g/mol. The lowest BCUT2D eigenvalue weighted by Gasteiger charge is -2.05. The van der Waals surface area contributed by atoms with Crippen molar-refractivity contribution in [3.05, 3.63) is 0 Å². The van der Waals surface area contributed by atoms with Crippen LogP contribution in [0, 0.1) is 17.3 Å². The van der Waals surface area contributed by atoms with E-state index >= 15 is 0 Å². The third kappa shape index (κ3) is 9.23. The summed E-state index contributed by atoms with van der Waals surface area (Å²) in [5.74, 6) is 6.04. The van der Waals surface area contributed by atoms with Gasteiger partial charge in [0.05, 0.1) is 6.21 Å². The van der Waals surface area contributed by atoms with E-state index in [0.717, 1.165) is 13.0 Å². The van der Waals surface area contributed by atoms with Gasteiger partial charge in [0.15, 0.2) is 0 Å². The van der Waals surface area contributed by atoms with Crippen molar-refractivity contribution >= 4 is 6.21 Å². The van der Waals surface area contributed by atoms with Crippen LogP contribution in [0.5, 0.6) is 0 Å². The Bertz CT molecular complexity index is 185. The molecule has 68 valence electrons. The van der Waals surface area contributed by atoms with Crippen molar-refractivity contribution in [1.29, 1.82) is 0 Å². The Morgan fingerprint density at radius 1 is 1.33 bits per heavy atom. The molecular formula is C11H19N. The Kier molecular flexibility index (Phi) is 5.45. The number of nitrogens with zero attached hydrogens (tertiary/aromatic N) is 1. The molecule has 1 heteroatoms. The highest BCUT2D eigenvalue weighted by molar-refractivity contribution is 5.78. The molecule has 0 unspecified atom stereocenters. The minimum absolute atomic E-state index is 0.0940. The molecule has 1 nitrogen and oxygen atoms in total. The highest BCUT2D eigenvalue weighted by atomic mass is 14.7. The number of aliphatic imine (C=N–C) groups is 1. The number of hydrogen-bond acceptors (Lipinski definition) is 1. The first-order valence-electron chi connectivity index (χ1n) is 4.57. The lowest BCUT2D eigenvalue weighted by atomic mass is 9.98. The molecule has 12 heavy (non-hydrogen) atoms. The first kappa shape index (κ1) is 11.2. The maximum absolute atomic E-state index is 4.17. The molecule has 0 aromatic rings. The zero-order valence-electron chi connectivity index (χ0n) is 8.65. The largest absolute Gasteiger partial charge is 0.284 e. The van der Waals surface area contributed by atoms with Gasteiger partial charge in [0, 0.05) is 12.0 Å². The van der Waals surface area contributed by atoms with Crippen LogP contribution in [-0.4, -0.2) is 12.8 Å². The summed E-state index contributed by atoms with van der Waals surface area (Å²) in [5.41, 5.74) is 0.0940. The van der Waals surface area contributed by atoms with Crippen LogP contribution in [0.15, 0.2) is 4.99 Å². The Morgan fingerprint density at radius 3 is 2.50 bits per heavy atom. The van der Waals surface area contributed by atoms with Gasteiger partial charge in [0.2, 0.25) is 0 Å². The van der Waals surface area contributed by atoms with E-state index in [9.17, 15) is 0 Å². The summed E-state index contributed by atoms with van der Waals surface area (Å²) in [6, 6.07) is 0. The van der Waals surface area contributed by atoms with Crippen molar-refractivity contribution in [3.63, 3.8) is 0 Å². The molecule has 0 aromatic carbocycles. The normalized spacial score (nSPS) is 11.3. The summed E-state index contributed by atoms with van der Waals surface area (Å²) in [6.45, 7) is 9.37. The van der Waals surface area contributed by atoms with Crippen LogP contribution in [0.25, 0.3) is 0 Å². The zero-order valence-corrected chi connectivity index (χ0v) is 8.65. The average Bonchev–Trinajstić information content (AvgIpc) is 1.94. The van der Waals surface area contributed by atoms with Crippen LogP contribution in [0.1, 0.15) is 40.5 Å². The molecule has 0 bridgehead atoms. The molecule has 0 saturated heterocycles. The van der Waals surface area contributed by atoms with Gasteiger partial charge < -0.3 is 0 Å². The fraction of sp³-hybridized carbons (Fsp3) is 0.727. The van der Waals surface area contributed by atoms with Gasteiger partial charge in [0.25, 0.3) is 0 Å². The Hall–Kier alpha value is -0.770. The number of hydrogen-bond donors (Lipinski definition) is 0. The van der Waals surface area contributed by atoms with E-state index < -0.39 is 0 Å². The third-order valence-corrected chi connectivity index (χ3v) is 1.24. The van der Waals surface area contributed by atoms with E-state index in [1.165, 1.54) is 6.42 Å². The van der Waals surface area contributed by atoms with Crippen LogP contribution in [-0.2, 0) is 0 Å². The fourth-order valence-electron chi connectivity index (χ4n) is 0.608. The van der Waals surface area contributed by atoms with Gasteiger partial charge in [0.1, 0.15) is 0 Å². The first-order valence-corrected chi connectivity index (χ1v) is 4.57. The smallest absolute Gasteiger partial charge is 0.0711 e. The second-order valence-corrected chi connectivity index (χ2v) is 3.91. The van der Waals surface area contributed by atoms with E-state index in [4.69, 9.17) is 0 Å². The van der Waals surface area contributed by atoms with Crippen molar-refractivity contribution in [2.45, 2.75) is 40.5 Å². The van der Waals surface area contributed by atoms with Gasteiger partial charge in [-0.25, -0.2) is 0 Å². The third-order valence-electron chi connectivity index (χ3n) is 1.24. The van der Waals surface area contributed by atoms with Crippen LogP contribution in [0.3, 0.4) is 0 Å². The maximum atomic E-state index is 4.17. The lowest BCUT2D eigenvalue weighted by molar-refractivity contribution is 0.571. The second-order valence-electron chi connectivity index (χ2n) is 3.91. The second kappa shape index (κ2) is 5.83.